The molecule has 2 rings (SSSR count). The van der Waals surface area contributed by atoms with Crippen LogP contribution in [0.25, 0.3) is 0 Å². The van der Waals surface area contributed by atoms with Crippen molar-refractivity contribution in [3.05, 3.63) is 46.3 Å². The van der Waals surface area contributed by atoms with E-state index in [1.54, 1.807) is 13.0 Å². The molecule has 0 bridgehead atoms. The molecule has 0 radical (unpaired) electrons. The summed E-state index contributed by atoms with van der Waals surface area (Å²) in [5.74, 6) is 0.178. The molecule has 94 valence electrons. The average Bonchev–Trinajstić information content (AvgIpc) is 2.70. The molecule has 1 aromatic heterocycles. The van der Waals surface area contributed by atoms with Crippen molar-refractivity contribution in [3.63, 3.8) is 0 Å². The second-order valence-corrected chi connectivity index (χ2v) is 4.45. The number of carbonyl (C=O) groups excluding carboxylic acids is 1. The van der Waals surface area contributed by atoms with Gasteiger partial charge >= 0.3 is 5.97 Å². The van der Waals surface area contributed by atoms with Crippen molar-refractivity contribution >= 4 is 5.97 Å². The smallest absolute Gasteiger partial charge is 0.382 e. The summed E-state index contributed by atoms with van der Waals surface area (Å²) in [6, 6.07) is 5.50. The summed E-state index contributed by atoms with van der Waals surface area (Å²) < 4.78 is 10.2. The third-order valence-corrected chi connectivity index (χ3v) is 2.63. The van der Waals surface area contributed by atoms with Gasteiger partial charge in [-0.05, 0) is 38.8 Å². The van der Waals surface area contributed by atoms with Crippen LogP contribution in [0.3, 0.4) is 0 Å². The van der Waals surface area contributed by atoms with Crippen LogP contribution in [0, 0.1) is 27.7 Å². The van der Waals surface area contributed by atoms with E-state index in [-0.39, 0.29) is 5.76 Å². The molecule has 0 aliphatic rings. The average molecular weight is 245 g/mol. The van der Waals surface area contributed by atoms with Gasteiger partial charge in [-0.15, -0.1) is 0 Å². The second kappa shape index (κ2) is 4.64. The highest BCUT2D eigenvalue weighted by molar-refractivity contribution is 5.88. The molecule has 4 heteroatoms. The van der Waals surface area contributed by atoms with Gasteiger partial charge in [-0.25, -0.2) is 4.79 Å². The van der Waals surface area contributed by atoms with E-state index in [4.69, 9.17) is 9.26 Å². The second-order valence-electron chi connectivity index (χ2n) is 4.45. The normalized spacial score (nSPS) is 10.4. The maximum atomic E-state index is 11.9. The van der Waals surface area contributed by atoms with Gasteiger partial charge in [0.25, 0.3) is 0 Å². The van der Waals surface area contributed by atoms with Crippen molar-refractivity contribution in [1.82, 2.24) is 5.16 Å². The van der Waals surface area contributed by atoms with E-state index < -0.39 is 5.97 Å². The number of nitrogens with zero attached hydrogens (tertiary/aromatic N) is 1. The van der Waals surface area contributed by atoms with Crippen molar-refractivity contribution in [1.29, 1.82) is 0 Å². The molecule has 0 saturated heterocycles. The number of hydrogen-bond acceptors (Lipinski definition) is 4. The van der Waals surface area contributed by atoms with Crippen molar-refractivity contribution in [2.45, 2.75) is 27.7 Å². The zero-order chi connectivity index (χ0) is 13.3. The van der Waals surface area contributed by atoms with Gasteiger partial charge in [0, 0.05) is 6.07 Å². The number of carbonyl (C=O) groups is 1. The van der Waals surface area contributed by atoms with Crippen LogP contribution in [0.15, 0.2) is 22.7 Å². The van der Waals surface area contributed by atoms with E-state index in [9.17, 15) is 4.79 Å². The molecule has 0 amide bonds. The molecule has 0 N–H and O–H groups in total. The molecule has 0 aliphatic carbocycles. The Balaban J connectivity index is 2.27. The van der Waals surface area contributed by atoms with Gasteiger partial charge in [-0.3, -0.25) is 0 Å². The predicted octanol–water partition coefficient (Wildman–Crippen LogP) is 3.13. The fourth-order valence-corrected chi connectivity index (χ4v) is 1.93. The third kappa shape index (κ3) is 2.42. The Kier molecular flexibility index (Phi) is 3.19. The maximum Gasteiger partial charge on any atom is 0.382 e. The third-order valence-electron chi connectivity index (χ3n) is 2.63. The summed E-state index contributed by atoms with van der Waals surface area (Å²) in [7, 11) is 0. The topological polar surface area (TPSA) is 52.3 Å². The van der Waals surface area contributed by atoms with Crippen molar-refractivity contribution in [2.75, 3.05) is 0 Å². The van der Waals surface area contributed by atoms with Gasteiger partial charge in [0.2, 0.25) is 5.76 Å². The van der Waals surface area contributed by atoms with Crippen molar-refractivity contribution in [2.24, 2.45) is 0 Å². The zero-order valence-corrected chi connectivity index (χ0v) is 10.9. The van der Waals surface area contributed by atoms with E-state index in [0.29, 0.717) is 11.4 Å². The van der Waals surface area contributed by atoms with E-state index >= 15 is 0 Å². The summed E-state index contributed by atoms with van der Waals surface area (Å²) in [4.78, 5) is 11.9. The Morgan fingerprint density at radius 2 is 1.72 bits per heavy atom. The predicted molar refractivity (Wildman–Crippen MR) is 66.9 cm³/mol. The van der Waals surface area contributed by atoms with Crippen LogP contribution in [0.5, 0.6) is 5.75 Å². The molecule has 2 aromatic rings. The van der Waals surface area contributed by atoms with E-state index in [1.165, 1.54) is 0 Å². The van der Waals surface area contributed by atoms with Gasteiger partial charge in [0.05, 0.1) is 5.69 Å². The lowest BCUT2D eigenvalue weighted by Crippen LogP contribution is -2.09. The summed E-state index contributed by atoms with van der Waals surface area (Å²) >= 11 is 0. The lowest BCUT2D eigenvalue weighted by Gasteiger charge is -2.10. The van der Waals surface area contributed by atoms with Crippen LogP contribution in [0.4, 0.5) is 0 Å². The number of rotatable bonds is 2. The fourth-order valence-electron chi connectivity index (χ4n) is 1.93. The Labute approximate surface area is 106 Å². The number of benzene rings is 1. The lowest BCUT2D eigenvalue weighted by molar-refractivity contribution is 0.0688. The molecule has 0 saturated carbocycles. The minimum atomic E-state index is -0.523. The Hall–Kier alpha value is -2.10. The van der Waals surface area contributed by atoms with Gasteiger partial charge < -0.3 is 9.26 Å². The highest BCUT2D eigenvalue weighted by atomic mass is 16.6. The van der Waals surface area contributed by atoms with Gasteiger partial charge in [0.1, 0.15) is 5.75 Å². The summed E-state index contributed by atoms with van der Waals surface area (Å²) in [5, 5.41) is 3.66. The fraction of sp³-hybridized carbons (Fsp3) is 0.286. The molecule has 0 atom stereocenters. The van der Waals surface area contributed by atoms with Crippen LogP contribution in [-0.2, 0) is 0 Å². The zero-order valence-electron chi connectivity index (χ0n) is 10.9. The first-order valence-corrected chi connectivity index (χ1v) is 5.70. The molecule has 1 heterocycles. The summed E-state index contributed by atoms with van der Waals surface area (Å²) in [5.41, 5.74) is 3.65. The Morgan fingerprint density at radius 1 is 1.11 bits per heavy atom. The first-order chi connectivity index (χ1) is 8.47. The van der Waals surface area contributed by atoms with Gasteiger partial charge in [-0.2, -0.15) is 0 Å². The number of aromatic nitrogens is 1. The molecule has 18 heavy (non-hydrogen) atoms. The molecule has 4 nitrogen and oxygen atoms in total. The monoisotopic (exact) mass is 245 g/mol. The van der Waals surface area contributed by atoms with Crippen molar-refractivity contribution in [3.8, 4) is 5.75 Å². The molecule has 0 spiro atoms. The van der Waals surface area contributed by atoms with E-state index in [2.05, 4.69) is 5.16 Å². The highest BCUT2D eigenvalue weighted by Crippen LogP contribution is 2.25. The standard InChI is InChI=1S/C14H15NO3/c1-8-5-9(2)13(10(3)6-8)17-14(16)12-7-11(4)15-18-12/h5-7H,1-4H3. The number of aryl methyl sites for hydroxylation is 4. The van der Waals surface area contributed by atoms with Crippen molar-refractivity contribution < 1.29 is 14.1 Å². The minimum Gasteiger partial charge on any atom is -0.420 e. The number of ether oxygens (including phenoxy) is 1. The SMILES string of the molecule is Cc1cc(C)c(OC(=O)c2cc(C)no2)c(C)c1. The van der Waals surface area contributed by atoms with Crippen LogP contribution in [-0.4, -0.2) is 11.1 Å². The van der Waals surface area contributed by atoms with E-state index in [0.717, 1.165) is 16.7 Å². The molecule has 0 aliphatic heterocycles. The summed E-state index contributed by atoms with van der Waals surface area (Å²) in [6.45, 7) is 7.58. The van der Waals surface area contributed by atoms with Crippen LogP contribution in [0.1, 0.15) is 32.9 Å². The lowest BCUT2D eigenvalue weighted by atomic mass is 10.1. The molecule has 0 unspecified atom stereocenters. The number of hydrogen-bond donors (Lipinski definition) is 0. The largest absolute Gasteiger partial charge is 0.420 e. The van der Waals surface area contributed by atoms with Gasteiger partial charge in [-0.1, -0.05) is 22.9 Å². The maximum absolute atomic E-state index is 11.9. The first-order valence-electron chi connectivity index (χ1n) is 5.70. The molecular formula is C14H15NO3. The minimum absolute atomic E-state index is 0.117. The van der Waals surface area contributed by atoms with Crippen LogP contribution in [0.2, 0.25) is 0 Å². The first kappa shape index (κ1) is 12.4. The summed E-state index contributed by atoms with van der Waals surface area (Å²) in [6.07, 6.45) is 0. The number of esters is 1. The molecular weight excluding hydrogens is 230 g/mol. The van der Waals surface area contributed by atoms with Crippen LogP contribution < -0.4 is 4.74 Å². The Bertz CT molecular complexity index is 576. The van der Waals surface area contributed by atoms with E-state index in [1.807, 2.05) is 32.9 Å². The Morgan fingerprint density at radius 3 is 2.22 bits per heavy atom. The molecule has 1 aromatic carbocycles. The highest BCUT2D eigenvalue weighted by Gasteiger charge is 2.16. The van der Waals surface area contributed by atoms with Crippen LogP contribution >= 0.6 is 0 Å². The quantitative estimate of drug-likeness (QED) is 0.602. The molecule has 0 fully saturated rings. The van der Waals surface area contributed by atoms with Gasteiger partial charge in [0.15, 0.2) is 0 Å².